The van der Waals surface area contributed by atoms with Crippen molar-refractivity contribution in [2.45, 2.75) is 6.61 Å². The molecule has 1 aromatic heterocycles. The molecule has 4 heteroatoms. The Labute approximate surface area is 106 Å². The Kier molecular flexibility index (Phi) is 3.74. The van der Waals surface area contributed by atoms with Crippen molar-refractivity contribution >= 4 is 33.6 Å². The van der Waals surface area contributed by atoms with Crippen LogP contribution in [-0.4, -0.2) is 6.29 Å². The summed E-state index contributed by atoms with van der Waals surface area (Å²) in [5.74, 6) is 0.769. The van der Waals surface area contributed by atoms with Gasteiger partial charge in [0.25, 0.3) is 0 Å². The molecule has 16 heavy (non-hydrogen) atoms. The summed E-state index contributed by atoms with van der Waals surface area (Å²) >= 11 is 5.10. The Morgan fingerprint density at radius 3 is 2.56 bits per heavy atom. The Balaban J connectivity index is 1.99. The molecule has 0 radical (unpaired) electrons. The van der Waals surface area contributed by atoms with Gasteiger partial charge in [-0.3, -0.25) is 4.79 Å². The summed E-state index contributed by atoms with van der Waals surface area (Å²) in [6.07, 6.45) is 0.819. The zero-order valence-electron chi connectivity index (χ0n) is 8.35. The van der Waals surface area contributed by atoms with E-state index in [2.05, 4.69) is 15.9 Å². The molecular weight excluding hydrogens is 288 g/mol. The number of ether oxygens (including phenoxy) is 1. The van der Waals surface area contributed by atoms with Gasteiger partial charge in [0.1, 0.15) is 18.6 Å². The molecule has 1 aromatic carbocycles. The number of rotatable bonds is 4. The fourth-order valence-electron chi connectivity index (χ4n) is 1.22. The summed E-state index contributed by atoms with van der Waals surface area (Å²) < 4.78 is 6.67. The van der Waals surface area contributed by atoms with Crippen LogP contribution in [0, 0.1) is 0 Å². The molecule has 0 saturated heterocycles. The van der Waals surface area contributed by atoms with Crippen LogP contribution >= 0.6 is 27.3 Å². The molecule has 82 valence electrons. The van der Waals surface area contributed by atoms with Gasteiger partial charge < -0.3 is 4.74 Å². The molecule has 1 heterocycles. The van der Waals surface area contributed by atoms with Crippen LogP contribution in [0.1, 0.15) is 15.2 Å². The van der Waals surface area contributed by atoms with Crippen LogP contribution in [0.25, 0.3) is 0 Å². The lowest BCUT2D eigenvalue weighted by molar-refractivity contribution is 0.112. The molecule has 0 atom stereocenters. The molecule has 0 bridgehead atoms. The summed E-state index contributed by atoms with van der Waals surface area (Å²) in [5, 5.41) is 2.01. The van der Waals surface area contributed by atoms with E-state index in [4.69, 9.17) is 4.74 Å². The number of carbonyl (C=O) groups excluding carboxylic acids is 1. The van der Waals surface area contributed by atoms with Crippen LogP contribution in [0.2, 0.25) is 0 Å². The van der Waals surface area contributed by atoms with E-state index in [0.717, 1.165) is 21.4 Å². The topological polar surface area (TPSA) is 26.3 Å². The van der Waals surface area contributed by atoms with Crippen molar-refractivity contribution in [3.05, 3.63) is 50.6 Å². The Morgan fingerprint density at radius 1 is 1.25 bits per heavy atom. The first-order valence-electron chi connectivity index (χ1n) is 4.69. The largest absolute Gasteiger partial charge is 0.488 e. The quantitative estimate of drug-likeness (QED) is 0.800. The molecule has 0 saturated carbocycles. The Morgan fingerprint density at radius 2 is 2.00 bits per heavy atom. The van der Waals surface area contributed by atoms with Gasteiger partial charge in [-0.25, -0.2) is 0 Å². The third-order valence-electron chi connectivity index (χ3n) is 2.08. The lowest BCUT2D eigenvalue weighted by Crippen LogP contribution is -1.93. The molecule has 0 amide bonds. The van der Waals surface area contributed by atoms with E-state index in [-0.39, 0.29) is 0 Å². The third kappa shape index (κ3) is 2.71. The lowest BCUT2D eigenvalue weighted by atomic mass is 10.2. The van der Waals surface area contributed by atoms with Crippen LogP contribution < -0.4 is 4.74 Å². The van der Waals surface area contributed by atoms with Gasteiger partial charge in [-0.1, -0.05) is 0 Å². The second-order valence-electron chi connectivity index (χ2n) is 3.17. The molecular formula is C12H9BrO2S. The summed E-state index contributed by atoms with van der Waals surface area (Å²) in [6.45, 7) is 0.540. The molecule has 0 aliphatic carbocycles. The van der Waals surface area contributed by atoms with E-state index in [9.17, 15) is 4.79 Å². The molecule has 0 unspecified atom stereocenters. The van der Waals surface area contributed by atoms with E-state index in [1.54, 1.807) is 35.6 Å². The highest BCUT2D eigenvalue weighted by atomic mass is 79.9. The summed E-state index contributed by atoms with van der Waals surface area (Å²) in [4.78, 5) is 11.6. The van der Waals surface area contributed by atoms with Crippen molar-refractivity contribution in [2.24, 2.45) is 0 Å². The first kappa shape index (κ1) is 11.4. The molecule has 0 spiro atoms. The highest BCUT2D eigenvalue weighted by Gasteiger charge is 2.02. The monoisotopic (exact) mass is 296 g/mol. The number of hydrogen-bond donors (Lipinski definition) is 0. The number of hydrogen-bond acceptors (Lipinski definition) is 3. The second kappa shape index (κ2) is 5.27. The second-order valence-corrected chi connectivity index (χ2v) is 5.02. The summed E-state index contributed by atoms with van der Waals surface area (Å²) in [7, 11) is 0. The molecule has 0 aliphatic rings. The third-order valence-corrected chi connectivity index (χ3v) is 3.98. The van der Waals surface area contributed by atoms with E-state index in [0.29, 0.717) is 12.2 Å². The number of halogens is 1. The number of carbonyl (C=O) groups is 1. The Hall–Kier alpha value is -1.13. The van der Waals surface area contributed by atoms with E-state index in [1.165, 1.54) is 0 Å². The minimum atomic E-state index is 0.540. The fourth-order valence-corrected chi connectivity index (χ4v) is 2.60. The molecule has 0 fully saturated rings. The highest BCUT2D eigenvalue weighted by Crippen LogP contribution is 2.24. The number of benzene rings is 1. The van der Waals surface area contributed by atoms with Crippen LogP contribution in [0.15, 0.2) is 40.2 Å². The first-order valence-corrected chi connectivity index (χ1v) is 6.37. The van der Waals surface area contributed by atoms with E-state index >= 15 is 0 Å². The summed E-state index contributed by atoms with van der Waals surface area (Å²) in [5.41, 5.74) is 0.657. The smallest absolute Gasteiger partial charge is 0.150 e. The van der Waals surface area contributed by atoms with Gasteiger partial charge in [-0.2, -0.15) is 0 Å². The standard InChI is InChI=1S/C12H9BrO2S/c13-11-5-6-16-12(11)8-15-10-3-1-9(7-14)2-4-10/h1-7H,8H2. The maximum Gasteiger partial charge on any atom is 0.150 e. The van der Waals surface area contributed by atoms with Crippen LogP contribution in [0.3, 0.4) is 0 Å². The van der Waals surface area contributed by atoms with E-state index < -0.39 is 0 Å². The van der Waals surface area contributed by atoms with Gasteiger partial charge in [0, 0.05) is 10.0 Å². The van der Waals surface area contributed by atoms with Gasteiger partial charge in [0.2, 0.25) is 0 Å². The normalized spacial score (nSPS) is 10.1. The average molecular weight is 297 g/mol. The van der Waals surface area contributed by atoms with Crippen LogP contribution in [0.4, 0.5) is 0 Å². The van der Waals surface area contributed by atoms with Crippen LogP contribution in [0.5, 0.6) is 5.75 Å². The minimum Gasteiger partial charge on any atom is -0.488 e. The molecule has 0 aliphatic heterocycles. The fraction of sp³-hybridized carbons (Fsp3) is 0.0833. The van der Waals surface area contributed by atoms with Gasteiger partial charge >= 0.3 is 0 Å². The van der Waals surface area contributed by atoms with Gasteiger partial charge in [-0.05, 0) is 51.6 Å². The SMILES string of the molecule is O=Cc1ccc(OCc2sccc2Br)cc1. The molecule has 2 aromatic rings. The van der Waals surface area contributed by atoms with Crippen molar-refractivity contribution in [1.29, 1.82) is 0 Å². The van der Waals surface area contributed by atoms with Crippen molar-refractivity contribution in [1.82, 2.24) is 0 Å². The average Bonchev–Trinajstić information content (AvgIpc) is 2.73. The highest BCUT2D eigenvalue weighted by molar-refractivity contribution is 9.10. The maximum absolute atomic E-state index is 10.5. The first-order chi connectivity index (χ1) is 7.79. The minimum absolute atomic E-state index is 0.540. The zero-order chi connectivity index (χ0) is 11.4. The lowest BCUT2D eigenvalue weighted by Gasteiger charge is -2.04. The molecule has 0 N–H and O–H groups in total. The predicted octanol–water partition coefficient (Wildman–Crippen LogP) is 3.90. The number of aldehydes is 1. The van der Waals surface area contributed by atoms with Crippen molar-refractivity contribution < 1.29 is 9.53 Å². The van der Waals surface area contributed by atoms with Crippen molar-refractivity contribution in [3.8, 4) is 5.75 Å². The molecule has 2 rings (SSSR count). The van der Waals surface area contributed by atoms with Gasteiger partial charge in [0.15, 0.2) is 0 Å². The van der Waals surface area contributed by atoms with Gasteiger partial charge in [-0.15, -0.1) is 11.3 Å². The number of thiophene rings is 1. The van der Waals surface area contributed by atoms with E-state index in [1.807, 2.05) is 11.4 Å². The van der Waals surface area contributed by atoms with Gasteiger partial charge in [0.05, 0.1) is 4.88 Å². The molecule has 2 nitrogen and oxygen atoms in total. The van der Waals surface area contributed by atoms with Crippen molar-refractivity contribution in [2.75, 3.05) is 0 Å². The Bertz CT molecular complexity index is 476. The van der Waals surface area contributed by atoms with Crippen LogP contribution in [-0.2, 0) is 6.61 Å². The predicted molar refractivity (Wildman–Crippen MR) is 68.2 cm³/mol. The summed E-state index contributed by atoms with van der Waals surface area (Å²) in [6, 6.07) is 9.08. The maximum atomic E-state index is 10.5. The van der Waals surface area contributed by atoms with Crippen molar-refractivity contribution in [3.63, 3.8) is 0 Å². The zero-order valence-corrected chi connectivity index (χ0v) is 10.8.